The molecular weight excluding hydrogens is 259 g/mol. The molecular formula is C11H14Cl2N4. The summed E-state index contributed by atoms with van der Waals surface area (Å²) < 4.78 is 3.58. The van der Waals surface area contributed by atoms with Crippen LogP contribution in [0.5, 0.6) is 0 Å². The monoisotopic (exact) mass is 272 g/mol. The highest BCUT2D eigenvalue weighted by Crippen LogP contribution is 2.26. The molecule has 2 aromatic heterocycles. The molecule has 0 N–H and O–H groups in total. The number of hydrogen-bond donors (Lipinski definition) is 0. The normalized spacial score (nSPS) is 11.2. The third-order valence-corrected chi connectivity index (χ3v) is 3.66. The summed E-state index contributed by atoms with van der Waals surface area (Å²) in [5.41, 5.74) is 3.61. The summed E-state index contributed by atoms with van der Waals surface area (Å²) in [5.74, 6) is 1.29. The first-order valence-electron chi connectivity index (χ1n) is 5.28. The van der Waals surface area contributed by atoms with Crippen molar-refractivity contribution in [1.82, 2.24) is 19.6 Å². The maximum Gasteiger partial charge on any atom is 0.156 e. The van der Waals surface area contributed by atoms with Gasteiger partial charge in [-0.05, 0) is 20.8 Å². The maximum atomic E-state index is 6.16. The predicted octanol–water partition coefficient (Wildman–Crippen LogP) is 2.92. The molecule has 0 unspecified atom stereocenters. The van der Waals surface area contributed by atoms with E-state index < -0.39 is 0 Å². The van der Waals surface area contributed by atoms with E-state index in [2.05, 4.69) is 10.2 Å². The second-order valence-electron chi connectivity index (χ2n) is 4.04. The van der Waals surface area contributed by atoms with Crippen LogP contribution in [0, 0.1) is 20.8 Å². The van der Waals surface area contributed by atoms with Crippen LogP contribution in [0.25, 0.3) is 5.82 Å². The Morgan fingerprint density at radius 2 is 1.76 bits per heavy atom. The van der Waals surface area contributed by atoms with Gasteiger partial charge in [0.15, 0.2) is 5.82 Å². The first kappa shape index (κ1) is 12.5. The summed E-state index contributed by atoms with van der Waals surface area (Å²) in [7, 11) is 1.88. The lowest BCUT2D eigenvalue weighted by molar-refractivity contribution is 0.681. The Morgan fingerprint density at radius 1 is 1.12 bits per heavy atom. The topological polar surface area (TPSA) is 35.6 Å². The van der Waals surface area contributed by atoms with Crippen molar-refractivity contribution in [3.63, 3.8) is 0 Å². The van der Waals surface area contributed by atoms with E-state index in [4.69, 9.17) is 23.2 Å². The lowest BCUT2D eigenvalue weighted by atomic mass is 10.2. The van der Waals surface area contributed by atoms with E-state index in [0.29, 0.717) is 10.9 Å². The molecule has 0 saturated heterocycles. The molecule has 0 saturated carbocycles. The van der Waals surface area contributed by atoms with E-state index in [-0.39, 0.29) is 0 Å². The Bertz CT molecular complexity index is 569. The van der Waals surface area contributed by atoms with Gasteiger partial charge in [-0.1, -0.05) is 11.6 Å². The van der Waals surface area contributed by atoms with E-state index >= 15 is 0 Å². The van der Waals surface area contributed by atoms with Crippen LogP contribution in [-0.2, 0) is 12.9 Å². The van der Waals surface area contributed by atoms with E-state index in [9.17, 15) is 0 Å². The predicted molar refractivity (Wildman–Crippen MR) is 69.1 cm³/mol. The van der Waals surface area contributed by atoms with Gasteiger partial charge in [0, 0.05) is 12.6 Å². The highest BCUT2D eigenvalue weighted by molar-refractivity contribution is 6.31. The van der Waals surface area contributed by atoms with Crippen molar-refractivity contribution >= 4 is 23.2 Å². The Morgan fingerprint density at radius 3 is 2.24 bits per heavy atom. The molecule has 0 radical (unpaired) electrons. The zero-order valence-electron chi connectivity index (χ0n) is 10.3. The van der Waals surface area contributed by atoms with Crippen LogP contribution in [0.2, 0.25) is 5.02 Å². The lowest BCUT2D eigenvalue weighted by Gasteiger charge is -2.06. The van der Waals surface area contributed by atoms with Crippen molar-refractivity contribution in [2.24, 2.45) is 7.05 Å². The summed E-state index contributed by atoms with van der Waals surface area (Å²) in [6.07, 6.45) is 0. The van der Waals surface area contributed by atoms with Crippen LogP contribution in [0.4, 0.5) is 0 Å². The molecule has 0 aromatic carbocycles. The molecule has 0 amide bonds. The molecule has 2 heterocycles. The second kappa shape index (κ2) is 4.35. The minimum Gasteiger partial charge on any atom is -0.250 e. The first-order valence-corrected chi connectivity index (χ1v) is 6.19. The van der Waals surface area contributed by atoms with E-state index in [0.717, 1.165) is 28.5 Å². The quantitative estimate of drug-likeness (QED) is 0.789. The van der Waals surface area contributed by atoms with Crippen LogP contribution in [0.15, 0.2) is 0 Å². The Hall–Kier alpha value is -1.00. The number of aromatic nitrogens is 4. The molecule has 0 spiro atoms. The van der Waals surface area contributed by atoms with Gasteiger partial charge in [-0.25, -0.2) is 4.68 Å². The van der Waals surface area contributed by atoms with Crippen molar-refractivity contribution in [3.05, 3.63) is 27.7 Å². The van der Waals surface area contributed by atoms with Gasteiger partial charge in [0.05, 0.1) is 28.0 Å². The molecule has 0 aliphatic rings. The zero-order valence-corrected chi connectivity index (χ0v) is 11.8. The fourth-order valence-electron chi connectivity index (χ4n) is 1.94. The van der Waals surface area contributed by atoms with Crippen molar-refractivity contribution in [3.8, 4) is 5.82 Å². The van der Waals surface area contributed by atoms with E-state index in [1.54, 1.807) is 9.36 Å². The minimum atomic E-state index is 0.408. The van der Waals surface area contributed by atoms with Gasteiger partial charge in [-0.15, -0.1) is 11.6 Å². The molecule has 92 valence electrons. The third-order valence-electron chi connectivity index (χ3n) is 2.85. The zero-order chi connectivity index (χ0) is 12.7. The number of halogens is 2. The van der Waals surface area contributed by atoms with E-state index in [1.807, 2.05) is 27.8 Å². The lowest BCUT2D eigenvalue weighted by Crippen LogP contribution is -2.08. The van der Waals surface area contributed by atoms with Crippen LogP contribution in [0.1, 0.15) is 22.6 Å². The third kappa shape index (κ3) is 1.85. The van der Waals surface area contributed by atoms with E-state index in [1.165, 1.54) is 0 Å². The van der Waals surface area contributed by atoms with Crippen molar-refractivity contribution in [2.45, 2.75) is 26.7 Å². The Labute approximate surface area is 110 Å². The molecule has 0 atom stereocenters. The molecule has 0 aliphatic heterocycles. The number of hydrogen-bond acceptors (Lipinski definition) is 2. The van der Waals surface area contributed by atoms with Gasteiger partial charge in [0.1, 0.15) is 0 Å². The minimum absolute atomic E-state index is 0.408. The molecule has 0 bridgehead atoms. The average Bonchev–Trinajstić information content (AvgIpc) is 2.69. The van der Waals surface area contributed by atoms with Gasteiger partial charge in [-0.2, -0.15) is 10.2 Å². The summed E-state index contributed by atoms with van der Waals surface area (Å²) >= 11 is 12.1. The maximum absolute atomic E-state index is 6.16. The highest BCUT2D eigenvalue weighted by Gasteiger charge is 2.19. The molecule has 4 nitrogen and oxygen atoms in total. The summed E-state index contributed by atoms with van der Waals surface area (Å²) in [6.45, 7) is 5.76. The Balaban J connectivity index is 2.72. The number of rotatable bonds is 2. The standard InChI is InChI=1S/C11H14Cl2N4/c1-6-9(5-12)11(16(4)14-6)17-8(3)10(13)7(2)15-17/h5H2,1-4H3. The second-order valence-corrected chi connectivity index (χ2v) is 4.69. The molecule has 2 aromatic rings. The summed E-state index contributed by atoms with van der Waals surface area (Å²) in [6, 6.07) is 0. The van der Waals surface area contributed by atoms with Gasteiger partial charge in [-0.3, -0.25) is 4.68 Å². The van der Waals surface area contributed by atoms with Gasteiger partial charge in [0.2, 0.25) is 0 Å². The average molecular weight is 273 g/mol. The molecule has 17 heavy (non-hydrogen) atoms. The number of nitrogens with zero attached hydrogens (tertiary/aromatic N) is 4. The summed E-state index contributed by atoms with van der Waals surface area (Å²) in [5, 5.41) is 9.48. The fraction of sp³-hybridized carbons (Fsp3) is 0.455. The van der Waals surface area contributed by atoms with Crippen molar-refractivity contribution in [1.29, 1.82) is 0 Å². The van der Waals surface area contributed by atoms with Gasteiger partial charge >= 0.3 is 0 Å². The summed E-state index contributed by atoms with van der Waals surface area (Å²) in [4.78, 5) is 0. The van der Waals surface area contributed by atoms with Gasteiger partial charge in [0.25, 0.3) is 0 Å². The highest BCUT2D eigenvalue weighted by atomic mass is 35.5. The first-order chi connectivity index (χ1) is 7.97. The molecule has 2 rings (SSSR count). The van der Waals surface area contributed by atoms with Crippen LogP contribution in [-0.4, -0.2) is 19.6 Å². The Kier molecular flexibility index (Phi) is 3.19. The molecule has 0 fully saturated rings. The smallest absolute Gasteiger partial charge is 0.156 e. The number of aryl methyl sites for hydroxylation is 3. The van der Waals surface area contributed by atoms with Gasteiger partial charge < -0.3 is 0 Å². The molecule has 0 aliphatic carbocycles. The van der Waals surface area contributed by atoms with Crippen LogP contribution in [0.3, 0.4) is 0 Å². The fourth-order valence-corrected chi connectivity index (χ4v) is 2.37. The number of alkyl halides is 1. The SMILES string of the molecule is Cc1nn(-c2c(CCl)c(C)nn2C)c(C)c1Cl. The van der Waals surface area contributed by atoms with Crippen LogP contribution >= 0.6 is 23.2 Å². The van der Waals surface area contributed by atoms with Crippen LogP contribution < -0.4 is 0 Å². The molecule has 6 heteroatoms. The largest absolute Gasteiger partial charge is 0.250 e. The van der Waals surface area contributed by atoms with Crippen molar-refractivity contribution < 1.29 is 0 Å². The van der Waals surface area contributed by atoms with Crippen molar-refractivity contribution in [2.75, 3.05) is 0 Å².